The van der Waals surface area contributed by atoms with Crippen molar-refractivity contribution in [1.29, 1.82) is 0 Å². The molecule has 0 radical (unpaired) electrons. The van der Waals surface area contributed by atoms with Crippen LogP contribution >= 0.6 is 7.82 Å². The standard InChI is InChI=1S/C5H10NO6P/c7-5(6-4-1-2-4)11-3-12-13(8,9)10/h4H,1-3H2,(H,6,7)(H2,8,9,10). The molecule has 0 heterocycles. The Bertz CT molecular complexity index is 233. The lowest BCUT2D eigenvalue weighted by Gasteiger charge is -2.06. The Hall–Kier alpha value is -0.620. The van der Waals surface area contributed by atoms with Gasteiger partial charge in [0, 0.05) is 6.04 Å². The predicted molar refractivity (Wildman–Crippen MR) is 40.6 cm³/mol. The maximum atomic E-state index is 10.7. The van der Waals surface area contributed by atoms with Crippen molar-refractivity contribution >= 4 is 13.9 Å². The molecule has 0 atom stereocenters. The van der Waals surface area contributed by atoms with Gasteiger partial charge in [-0.25, -0.2) is 13.9 Å². The Balaban J connectivity index is 2.04. The van der Waals surface area contributed by atoms with Gasteiger partial charge in [-0.1, -0.05) is 0 Å². The quantitative estimate of drug-likeness (QED) is 0.444. The summed E-state index contributed by atoms with van der Waals surface area (Å²) in [5.74, 6) is 0. The molecule has 76 valence electrons. The first-order chi connectivity index (χ1) is 5.97. The molecule has 0 aliphatic heterocycles. The van der Waals surface area contributed by atoms with Crippen LogP contribution in [-0.4, -0.2) is 28.7 Å². The van der Waals surface area contributed by atoms with Crippen molar-refractivity contribution in [2.24, 2.45) is 0 Å². The Morgan fingerprint density at radius 2 is 2.15 bits per heavy atom. The molecule has 1 fully saturated rings. The second-order valence-corrected chi connectivity index (χ2v) is 3.83. The lowest BCUT2D eigenvalue weighted by Crippen LogP contribution is -2.26. The van der Waals surface area contributed by atoms with Crippen molar-refractivity contribution in [2.45, 2.75) is 18.9 Å². The number of phosphoric acid groups is 1. The van der Waals surface area contributed by atoms with Crippen LogP contribution in [0.1, 0.15) is 12.8 Å². The van der Waals surface area contributed by atoms with E-state index < -0.39 is 20.7 Å². The monoisotopic (exact) mass is 211 g/mol. The molecule has 0 spiro atoms. The van der Waals surface area contributed by atoms with E-state index in [1.165, 1.54) is 0 Å². The van der Waals surface area contributed by atoms with Crippen LogP contribution in [0, 0.1) is 0 Å². The van der Waals surface area contributed by atoms with E-state index in [0.29, 0.717) is 0 Å². The summed E-state index contributed by atoms with van der Waals surface area (Å²) in [6.07, 6.45) is 1.10. The van der Waals surface area contributed by atoms with E-state index in [1.807, 2.05) is 0 Å². The highest BCUT2D eigenvalue weighted by Crippen LogP contribution is 2.35. The zero-order chi connectivity index (χ0) is 9.90. The molecule has 7 nitrogen and oxygen atoms in total. The van der Waals surface area contributed by atoms with Gasteiger partial charge in [0.25, 0.3) is 0 Å². The molecule has 3 N–H and O–H groups in total. The number of carbonyl (C=O) groups excluding carboxylic acids is 1. The molecule has 1 aliphatic carbocycles. The first-order valence-corrected chi connectivity index (χ1v) is 5.14. The van der Waals surface area contributed by atoms with Crippen LogP contribution in [0.15, 0.2) is 0 Å². The largest absolute Gasteiger partial charge is 0.472 e. The number of carbonyl (C=O) groups is 1. The summed E-state index contributed by atoms with van der Waals surface area (Å²) in [6, 6.07) is 0.141. The van der Waals surface area contributed by atoms with Crippen molar-refractivity contribution in [2.75, 3.05) is 6.79 Å². The predicted octanol–water partition coefficient (Wildman–Crippen LogP) is -0.0582. The Morgan fingerprint density at radius 1 is 1.54 bits per heavy atom. The highest BCUT2D eigenvalue weighted by atomic mass is 31.2. The van der Waals surface area contributed by atoms with Crippen LogP contribution in [-0.2, 0) is 13.8 Å². The molecular formula is C5H10NO6P. The molecular weight excluding hydrogens is 201 g/mol. The van der Waals surface area contributed by atoms with E-state index in [1.54, 1.807) is 0 Å². The van der Waals surface area contributed by atoms with Gasteiger partial charge in [0.05, 0.1) is 0 Å². The van der Waals surface area contributed by atoms with Gasteiger partial charge in [0.1, 0.15) is 0 Å². The summed E-state index contributed by atoms with van der Waals surface area (Å²) >= 11 is 0. The fraction of sp³-hybridized carbons (Fsp3) is 0.800. The normalized spacial score (nSPS) is 16.8. The summed E-state index contributed by atoms with van der Waals surface area (Å²) in [4.78, 5) is 27.1. The van der Waals surface area contributed by atoms with Gasteiger partial charge in [-0.3, -0.25) is 0 Å². The van der Waals surface area contributed by atoms with E-state index in [0.717, 1.165) is 12.8 Å². The van der Waals surface area contributed by atoms with Crippen LogP contribution in [0.2, 0.25) is 0 Å². The maximum Gasteiger partial charge on any atom is 0.472 e. The number of rotatable bonds is 4. The van der Waals surface area contributed by atoms with Gasteiger partial charge < -0.3 is 19.8 Å². The van der Waals surface area contributed by atoms with Crippen LogP contribution in [0.4, 0.5) is 4.79 Å². The molecule has 0 aromatic carbocycles. The van der Waals surface area contributed by atoms with Crippen LogP contribution in [0.5, 0.6) is 0 Å². The Kier molecular flexibility index (Phi) is 3.27. The van der Waals surface area contributed by atoms with Gasteiger partial charge in [0.2, 0.25) is 6.79 Å². The SMILES string of the molecule is O=C(NC1CC1)OCOP(=O)(O)O. The molecule has 0 saturated heterocycles. The zero-order valence-corrected chi connectivity index (χ0v) is 7.57. The number of hydrogen-bond acceptors (Lipinski definition) is 4. The van der Waals surface area contributed by atoms with E-state index in [2.05, 4.69) is 14.6 Å². The molecule has 0 aromatic rings. The number of nitrogens with one attached hydrogen (secondary N) is 1. The minimum Gasteiger partial charge on any atom is -0.422 e. The fourth-order valence-electron chi connectivity index (χ4n) is 0.585. The molecule has 1 rings (SSSR count). The van der Waals surface area contributed by atoms with Gasteiger partial charge >= 0.3 is 13.9 Å². The fourth-order valence-corrected chi connectivity index (χ4v) is 0.775. The average Bonchev–Trinajstić information content (AvgIpc) is 2.68. The van der Waals surface area contributed by atoms with E-state index in [-0.39, 0.29) is 6.04 Å². The number of amides is 1. The maximum absolute atomic E-state index is 10.7. The van der Waals surface area contributed by atoms with E-state index in [9.17, 15) is 9.36 Å². The van der Waals surface area contributed by atoms with Crippen LogP contribution in [0.3, 0.4) is 0 Å². The van der Waals surface area contributed by atoms with Crippen molar-refractivity contribution < 1.29 is 28.4 Å². The number of phosphoric ester groups is 1. The van der Waals surface area contributed by atoms with Gasteiger partial charge in [0.15, 0.2) is 0 Å². The van der Waals surface area contributed by atoms with Crippen LogP contribution < -0.4 is 5.32 Å². The third-order valence-electron chi connectivity index (χ3n) is 1.31. The molecule has 0 aromatic heterocycles. The molecule has 1 amide bonds. The van der Waals surface area contributed by atoms with Crippen molar-refractivity contribution in [1.82, 2.24) is 5.32 Å². The first kappa shape index (κ1) is 10.5. The minimum atomic E-state index is -4.55. The minimum absolute atomic E-state index is 0.141. The topological polar surface area (TPSA) is 105 Å². The molecule has 1 saturated carbocycles. The molecule has 0 unspecified atom stereocenters. The number of alkyl carbamates (subject to hydrolysis) is 1. The lowest BCUT2D eigenvalue weighted by molar-refractivity contribution is 0.0397. The first-order valence-electron chi connectivity index (χ1n) is 3.61. The smallest absolute Gasteiger partial charge is 0.422 e. The van der Waals surface area contributed by atoms with Gasteiger partial charge in [-0.2, -0.15) is 0 Å². The van der Waals surface area contributed by atoms with E-state index in [4.69, 9.17) is 9.79 Å². The third-order valence-corrected chi connectivity index (χ3v) is 1.75. The Morgan fingerprint density at radius 3 is 2.62 bits per heavy atom. The third kappa shape index (κ3) is 5.59. The number of ether oxygens (including phenoxy) is 1. The molecule has 1 aliphatic rings. The van der Waals surface area contributed by atoms with Gasteiger partial charge in [-0.15, -0.1) is 0 Å². The molecule has 8 heteroatoms. The van der Waals surface area contributed by atoms with Crippen LogP contribution in [0.25, 0.3) is 0 Å². The average molecular weight is 211 g/mol. The summed E-state index contributed by atoms with van der Waals surface area (Å²) in [5, 5.41) is 2.45. The van der Waals surface area contributed by atoms with E-state index >= 15 is 0 Å². The number of hydrogen-bond donors (Lipinski definition) is 3. The molecule has 0 bridgehead atoms. The van der Waals surface area contributed by atoms with Crippen molar-refractivity contribution in [3.63, 3.8) is 0 Å². The van der Waals surface area contributed by atoms with Gasteiger partial charge in [-0.05, 0) is 12.8 Å². The highest BCUT2D eigenvalue weighted by molar-refractivity contribution is 7.46. The Labute approximate surface area is 74.3 Å². The summed E-state index contributed by atoms with van der Waals surface area (Å²) in [7, 11) is -4.55. The second kappa shape index (κ2) is 4.06. The highest BCUT2D eigenvalue weighted by Gasteiger charge is 2.24. The summed E-state index contributed by atoms with van der Waals surface area (Å²) in [6.45, 7) is -0.747. The van der Waals surface area contributed by atoms with Crippen molar-refractivity contribution in [3.8, 4) is 0 Å². The second-order valence-electron chi connectivity index (χ2n) is 2.59. The molecule has 13 heavy (non-hydrogen) atoms. The zero-order valence-electron chi connectivity index (χ0n) is 6.67. The van der Waals surface area contributed by atoms with Crippen molar-refractivity contribution in [3.05, 3.63) is 0 Å². The summed E-state index contributed by atoms with van der Waals surface area (Å²) < 4.78 is 18.3. The lowest BCUT2D eigenvalue weighted by atomic mass is 10.7. The summed E-state index contributed by atoms with van der Waals surface area (Å²) in [5.41, 5.74) is 0.